The molecule has 0 radical (unpaired) electrons. The molecule has 0 unspecified atom stereocenters. The summed E-state index contributed by atoms with van der Waals surface area (Å²) in [4.78, 5) is 14.6. The molecule has 6 heteroatoms. The molecule has 1 aromatic carbocycles. The number of carbonyl (C=O) groups excluding carboxylic acids is 1. The number of carbonyl (C=O) groups is 1. The Hall–Kier alpha value is -1.56. The summed E-state index contributed by atoms with van der Waals surface area (Å²) in [6, 6.07) is 3.53. The highest BCUT2D eigenvalue weighted by Crippen LogP contribution is 2.39. The van der Waals surface area contributed by atoms with E-state index in [1.165, 1.54) is 0 Å². The number of hydrogen-bond acceptors (Lipinski definition) is 5. The monoisotopic (exact) mass is 339 g/mol. The number of nitrogens with zero attached hydrogens (tertiary/aromatic N) is 1. The molecule has 2 rings (SSSR count). The largest absolute Gasteiger partial charge is 0.490 e. The topological polar surface area (TPSA) is 48.0 Å². The summed E-state index contributed by atoms with van der Waals surface area (Å²) in [7, 11) is 0. The first kappa shape index (κ1) is 17.8. The van der Waals surface area contributed by atoms with Crippen molar-refractivity contribution in [2.24, 2.45) is 0 Å². The lowest BCUT2D eigenvalue weighted by Gasteiger charge is -2.27. The van der Waals surface area contributed by atoms with Crippen LogP contribution >= 0.6 is 11.8 Å². The van der Waals surface area contributed by atoms with Gasteiger partial charge in [-0.3, -0.25) is 4.79 Å². The van der Waals surface area contributed by atoms with Crippen molar-refractivity contribution in [1.29, 1.82) is 0 Å². The van der Waals surface area contributed by atoms with Crippen molar-refractivity contribution in [3.8, 4) is 17.2 Å². The van der Waals surface area contributed by atoms with Crippen molar-refractivity contribution >= 4 is 17.7 Å². The normalized spacial score (nSPS) is 14.5. The van der Waals surface area contributed by atoms with E-state index in [-0.39, 0.29) is 5.91 Å². The summed E-state index contributed by atoms with van der Waals surface area (Å²) in [6.07, 6.45) is 0. The first-order valence-corrected chi connectivity index (χ1v) is 9.30. The Balaban J connectivity index is 2.36. The molecule has 0 bridgehead atoms. The molecular formula is C17H25NO4S. The molecule has 5 nitrogen and oxygen atoms in total. The summed E-state index contributed by atoms with van der Waals surface area (Å²) in [5.74, 6) is 3.70. The molecule has 1 heterocycles. The summed E-state index contributed by atoms with van der Waals surface area (Å²) in [6.45, 7) is 8.81. The molecule has 23 heavy (non-hydrogen) atoms. The average Bonchev–Trinajstić information content (AvgIpc) is 2.58. The van der Waals surface area contributed by atoms with E-state index in [4.69, 9.17) is 14.2 Å². The van der Waals surface area contributed by atoms with Crippen LogP contribution in [0.15, 0.2) is 12.1 Å². The number of thioether (sulfide) groups is 1. The molecule has 0 aliphatic carbocycles. The highest BCUT2D eigenvalue weighted by atomic mass is 32.2. The minimum atomic E-state index is 0.0234. The van der Waals surface area contributed by atoms with Crippen LogP contribution in [0.5, 0.6) is 17.2 Å². The lowest BCUT2D eigenvalue weighted by Crippen LogP contribution is -2.37. The summed E-state index contributed by atoms with van der Waals surface area (Å²) >= 11 is 1.88. The van der Waals surface area contributed by atoms with Gasteiger partial charge in [0.15, 0.2) is 11.5 Å². The average molecular weight is 339 g/mol. The van der Waals surface area contributed by atoms with Gasteiger partial charge in [0.1, 0.15) is 0 Å². The minimum absolute atomic E-state index is 0.0234. The van der Waals surface area contributed by atoms with Gasteiger partial charge in [-0.2, -0.15) is 11.8 Å². The highest BCUT2D eigenvalue weighted by molar-refractivity contribution is 7.99. The molecule has 0 N–H and O–H groups in total. The van der Waals surface area contributed by atoms with E-state index >= 15 is 0 Å². The van der Waals surface area contributed by atoms with Crippen LogP contribution in [0.1, 0.15) is 31.1 Å². The van der Waals surface area contributed by atoms with Gasteiger partial charge in [-0.15, -0.1) is 0 Å². The summed E-state index contributed by atoms with van der Waals surface area (Å²) in [5, 5.41) is 0. The molecule has 1 aliphatic rings. The van der Waals surface area contributed by atoms with Crippen molar-refractivity contribution < 1.29 is 19.0 Å². The first-order valence-electron chi connectivity index (χ1n) is 8.14. The van der Waals surface area contributed by atoms with Crippen LogP contribution in [0.4, 0.5) is 0 Å². The highest BCUT2D eigenvalue weighted by Gasteiger charge is 2.23. The van der Waals surface area contributed by atoms with Crippen LogP contribution in [0.25, 0.3) is 0 Å². The Morgan fingerprint density at radius 1 is 1.00 bits per heavy atom. The van der Waals surface area contributed by atoms with Gasteiger partial charge in [-0.1, -0.05) is 0 Å². The molecule has 0 aromatic heterocycles. The van der Waals surface area contributed by atoms with Gasteiger partial charge in [-0.25, -0.2) is 0 Å². The molecule has 1 fully saturated rings. The second-order valence-corrected chi connectivity index (χ2v) is 6.23. The predicted octanol–water partition coefficient (Wildman–Crippen LogP) is 3.07. The fourth-order valence-corrected chi connectivity index (χ4v) is 3.36. The van der Waals surface area contributed by atoms with E-state index in [2.05, 4.69) is 0 Å². The van der Waals surface area contributed by atoms with Crippen molar-refractivity contribution in [2.75, 3.05) is 44.4 Å². The van der Waals surface area contributed by atoms with Gasteiger partial charge >= 0.3 is 0 Å². The molecular weight excluding hydrogens is 314 g/mol. The molecule has 0 atom stereocenters. The van der Waals surface area contributed by atoms with Gasteiger partial charge in [0.2, 0.25) is 5.75 Å². The van der Waals surface area contributed by atoms with E-state index in [0.717, 1.165) is 24.6 Å². The Kier molecular flexibility index (Phi) is 6.89. The van der Waals surface area contributed by atoms with Crippen LogP contribution in [-0.4, -0.2) is 55.2 Å². The second-order valence-electron chi connectivity index (χ2n) is 5.01. The zero-order valence-corrected chi connectivity index (χ0v) is 14.9. The van der Waals surface area contributed by atoms with E-state index < -0.39 is 0 Å². The van der Waals surface area contributed by atoms with E-state index in [1.807, 2.05) is 37.4 Å². The standard InChI is InChI=1S/C17H25NO4S/c1-4-20-14-11-13(17(19)18-7-9-23-10-8-18)12-15(21-5-2)16(14)22-6-3/h11-12H,4-10H2,1-3H3. The number of amides is 1. The maximum atomic E-state index is 12.7. The Morgan fingerprint density at radius 3 is 2.00 bits per heavy atom. The maximum absolute atomic E-state index is 12.7. The Bertz CT molecular complexity index is 502. The molecule has 1 aromatic rings. The van der Waals surface area contributed by atoms with Crippen LogP contribution in [0.2, 0.25) is 0 Å². The van der Waals surface area contributed by atoms with Crippen molar-refractivity contribution in [1.82, 2.24) is 4.90 Å². The number of hydrogen-bond donors (Lipinski definition) is 0. The van der Waals surface area contributed by atoms with Gasteiger partial charge in [-0.05, 0) is 32.9 Å². The molecule has 1 amide bonds. The fourth-order valence-electron chi connectivity index (χ4n) is 2.46. The third kappa shape index (κ3) is 4.47. The van der Waals surface area contributed by atoms with Crippen molar-refractivity contribution in [2.45, 2.75) is 20.8 Å². The number of ether oxygens (including phenoxy) is 3. The maximum Gasteiger partial charge on any atom is 0.254 e. The molecule has 0 spiro atoms. The number of rotatable bonds is 7. The van der Waals surface area contributed by atoms with Crippen LogP contribution < -0.4 is 14.2 Å². The van der Waals surface area contributed by atoms with Gasteiger partial charge in [0.05, 0.1) is 19.8 Å². The van der Waals surface area contributed by atoms with E-state index in [9.17, 15) is 4.79 Å². The Labute approximate surface area is 142 Å². The van der Waals surface area contributed by atoms with Gasteiger partial charge in [0.25, 0.3) is 5.91 Å². The Morgan fingerprint density at radius 2 is 1.52 bits per heavy atom. The summed E-state index contributed by atoms with van der Waals surface area (Å²) in [5.41, 5.74) is 0.590. The second kappa shape index (κ2) is 8.91. The lowest BCUT2D eigenvalue weighted by molar-refractivity contribution is 0.0771. The van der Waals surface area contributed by atoms with Gasteiger partial charge in [0, 0.05) is 30.2 Å². The molecule has 128 valence electrons. The lowest BCUT2D eigenvalue weighted by atomic mass is 10.1. The van der Waals surface area contributed by atoms with Crippen LogP contribution in [0, 0.1) is 0 Å². The van der Waals surface area contributed by atoms with Crippen LogP contribution in [0.3, 0.4) is 0 Å². The smallest absolute Gasteiger partial charge is 0.254 e. The third-order valence-corrected chi connectivity index (χ3v) is 4.40. The molecule has 1 saturated heterocycles. The minimum Gasteiger partial charge on any atom is -0.490 e. The van der Waals surface area contributed by atoms with Crippen LogP contribution in [-0.2, 0) is 0 Å². The van der Waals surface area contributed by atoms with Gasteiger partial charge < -0.3 is 19.1 Å². The molecule has 1 aliphatic heterocycles. The zero-order valence-electron chi connectivity index (χ0n) is 14.1. The SMILES string of the molecule is CCOc1cc(C(=O)N2CCSCC2)cc(OCC)c1OCC. The predicted molar refractivity (Wildman–Crippen MR) is 93.2 cm³/mol. The molecule has 0 saturated carbocycles. The summed E-state index contributed by atoms with van der Waals surface area (Å²) < 4.78 is 17.0. The van der Waals surface area contributed by atoms with E-state index in [1.54, 1.807) is 12.1 Å². The fraction of sp³-hybridized carbons (Fsp3) is 0.588. The quantitative estimate of drug-likeness (QED) is 0.764. The van der Waals surface area contributed by atoms with Crippen molar-refractivity contribution in [3.63, 3.8) is 0 Å². The van der Waals surface area contributed by atoms with E-state index in [0.29, 0.717) is 42.6 Å². The zero-order chi connectivity index (χ0) is 16.7. The third-order valence-electron chi connectivity index (χ3n) is 3.45. The van der Waals surface area contributed by atoms with Crippen molar-refractivity contribution in [3.05, 3.63) is 17.7 Å². The number of benzene rings is 1. The first-order chi connectivity index (χ1) is 11.2.